The van der Waals surface area contributed by atoms with Gasteiger partial charge in [-0.3, -0.25) is 4.90 Å². The topological polar surface area (TPSA) is 64.4 Å². The Morgan fingerprint density at radius 1 is 1.25 bits per heavy atom. The molecule has 11 heteroatoms. The van der Waals surface area contributed by atoms with Gasteiger partial charge in [-0.2, -0.15) is 21.6 Å². The van der Waals surface area contributed by atoms with Gasteiger partial charge in [0, 0.05) is 32.3 Å². The minimum absolute atomic E-state index is 0.117. The summed E-state index contributed by atoms with van der Waals surface area (Å²) in [7, 11) is -3.50. The van der Waals surface area contributed by atoms with Gasteiger partial charge in [-0.25, -0.2) is 4.98 Å². The normalized spacial score (nSPS) is 19.0. The maximum Gasteiger partial charge on any atom is 0.488 e. The van der Waals surface area contributed by atoms with Crippen LogP contribution in [-0.4, -0.2) is 36.0 Å². The average molecular weight is 421 g/mol. The third kappa shape index (κ3) is 5.22. The number of imidazole rings is 1. The van der Waals surface area contributed by atoms with E-state index in [4.69, 9.17) is 0 Å². The number of aryl methyl sites for hydroxylation is 1. The van der Waals surface area contributed by atoms with Crippen LogP contribution in [0.3, 0.4) is 0 Å². The molecule has 2 aromatic rings. The Labute approximate surface area is 160 Å². The molecule has 28 heavy (non-hydrogen) atoms. The molecule has 1 aromatic carbocycles. The van der Waals surface area contributed by atoms with Gasteiger partial charge in [0.15, 0.2) is 5.69 Å². The molecule has 0 amide bonds. The molecule has 1 unspecified atom stereocenters. The van der Waals surface area contributed by atoms with Crippen LogP contribution in [0.4, 0.5) is 17.1 Å². The molecule has 0 radical (unpaired) electrons. The SMILES string of the molecule is Cn1cc(C(F)(F)F)nc1C1CCCN(Cc2ccc(OS(=O)(=O)F)cc2)C1. The van der Waals surface area contributed by atoms with Crippen LogP contribution in [0, 0.1) is 0 Å². The summed E-state index contributed by atoms with van der Waals surface area (Å²) in [6, 6.07) is 5.93. The van der Waals surface area contributed by atoms with Crippen molar-refractivity contribution < 1.29 is 29.7 Å². The van der Waals surface area contributed by atoms with E-state index < -0.39 is 22.4 Å². The average Bonchev–Trinajstić information content (AvgIpc) is 2.98. The van der Waals surface area contributed by atoms with Crippen molar-refractivity contribution in [2.75, 3.05) is 13.1 Å². The van der Waals surface area contributed by atoms with Gasteiger partial charge >= 0.3 is 16.7 Å². The van der Waals surface area contributed by atoms with Crippen molar-refractivity contribution >= 4 is 10.5 Å². The lowest BCUT2D eigenvalue weighted by Crippen LogP contribution is -2.34. The Kier molecular flexibility index (Phi) is 5.67. The maximum absolute atomic E-state index is 12.9. The Morgan fingerprint density at radius 2 is 1.93 bits per heavy atom. The highest BCUT2D eigenvalue weighted by molar-refractivity contribution is 7.81. The van der Waals surface area contributed by atoms with Crippen LogP contribution >= 0.6 is 0 Å². The smallest absolute Gasteiger partial charge is 0.358 e. The van der Waals surface area contributed by atoms with Gasteiger partial charge in [0.1, 0.15) is 11.6 Å². The fourth-order valence-corrected chi connectivity index (χ4v) is 3.77. The molecule has 0 aliphatic carbocycles. The van der Waals surface area contributed by atoms with E-state index in [-0.39, 0.29) is 11.7 Å². The van der Waals surface area contributed by atoms with Gasteiger partial charge in [0.05, 0.1) is 0 Å². The van der Waals surface area contributed by atoms with Gasteiger partial charge in [-0.1, -0.05) is 16.0 Å². The molecule has 154 valence electrons. The molecule has 1 aromatic heterocycles. The second-order valence-electron chi connectivity index (χ2n) is 6.79. The van der Waals surface area contributed by atoms with Crippen LogP contribution in [0.2, 0.25) is 0 Å². The molecule has 1 aliphatic rings. The number of likely N-dealkylation sites (tertiary alicyclic amines) is 1. The minimum Gasteiger partial charge on any atom is -0.358 e. The summed E-state index contributed by atoms with van der Waals surface area (Å²) < 4.78 is 77.8. The largest absolute Gasteiger partial charge is 0.488 e. The molecule has 2 heterocycles. The summed E-state index contributed by atoms with van der Waals surface area (Å²) in [5, 5.41) is 0. The zero-order valence-electron chi connectivity index (χ0n) is 15.0. The molecular weight excluding hydrogens is 402 g/mol. The predicted molar refractivity (Wildman–Crippen MR) is 92.6 cm³/mol. The maximum atomic E-state index is 12.9. The highest BCUT2D eigenvalue weighted by atomic mass is 32.3. The van der Waals surface area contributed by atoms with Gasteiger partial charge in [-0.05, 0) is 37.1 Å². The van der Waals surface area contributed by atoms with Gasteiger partial charge < -0.3 is 8.75 Å². The van der Waals surface area contributed by atoms with Crippen molar-refractivity contribution in [3.05, 3.63) is 47.5 Å². The summed E-state index contributed by atoms with van der Waals surface area (Å²) in [4.78, 5) is 5.89. The van der Waals surface area contributed by atoms with E-state index in [0.717, 1.165) is 31.1 Å². The number of hydrogen-bond donors (Lipinski definition) is 0. The number of benzene rings is 1. The molecule has 6 nitrogen and oxygen atoms in total. The molecular formula is C17H19F4N3O3S. The summed E-state index contributed by atoms with van der Waals surface area (Å²) in [5.74, 6) is 0.165. The van der Waals surface area contributed by atoms with E-state index in [2.05, 4.69) is 14.1 Å². The molecule has 1 aliphatic heterocycles. The first-order chi connectivity index (χ1) is 13.0. The lowest BCUT2D eigenvalue weighted by molar-refractivity contribution is -0.141. The van der Waals surface area contributed by atoms with Crippen LogP contribution in [-0.2, 0) is 30.3 Å². The van der Waals surface area contributed by atoms with E-state index in [1.165, 1.54) is 16.7 Å². The number of hydrogen-bond acceptors (Lipinski definition) is 5. The standard InChI is InChI=1S/C17H19F4N3O3S/c1-23-11-15(17(18,19)20)22-16(23)13-3-2-8-24(10-13)9-12-4-6-14(7-5-12)27-28(21,25)26/h4-7,11,13H,2-3,8-10H2,1H3. The molecule has 0 saturated carbocycles. The second-order valence-corrected chi connectivity index (χ2v) is 7.74. The zero-order chi connectivity index (χ0) is 20.5. The summed E-state index contributed by atoms with van der Waals surface area (Å²) >= 11 is 0. The predicted octanol–water partition coefficient (Wildman–Crippen LogP) is 3.41. The third-order valence-corrected chi connectivity index (χ3v) is 4.99. The highest BCUT2D eigenvalue weighted by Crippen LogP contribution is 2.32. The molecule has 1 fully saturated rings. The number of aromatic nitrogens is 2. The monoisotopic (exact) mass is 421 g/mol. The highest BCUT2D eigenvalue weighted by Gasteiger charge is 2.36. The van der Waals surface area contributed by atoms with Crippen LogP contribution in [0.5, 0.6) is 5.75 Å². The summed E-state index contributed by atoms with van der Waals surface area (Å²) in [6.45, 7) is 1.86. The molecule has 0 spiro atoms. The van der Waals surface area contributed by atoms with E-state index in [1.807, 2.05) is 0 Å². The van der Waals surface area contributed by atoms with Crippen LogP contribution < -0.4 is 4.18 Å². The van der Waals surface area contributed by atoms with Gasteiger partial charge in [0.25, 0.3) is 0 Å². The lowest BCUT2D eigenvalue weighted by Gasteiger charge is -2.32. The lowest BCUT2D eigenvalue weighted by atomic mass is 9.96. The van der Waals surface area contributed by atoms with Crippen LogP contribution in [0.15, 0.2) is 30.5 Å². The van der Waals surface area contributed by atoms with Crippen molar-refractivity contribution in [3.63, 3.8) is 0 Å². The van der Waals surface area contributed by atoms with Crippen molar-refractivity contribution in [2.45, 2.75) is 31.5 Å². The Bertz CT molecular complexity index is 926. The van der Waals surface area contributed by atoms with E-state index >= 15 is 0 Å². The molecule has 1 atom stereocenters. The number of piperidine rings is 1. The molecule has 0 bridgehead atoms. The zero-order valence-corrected chi connectivity index (χ0v) is 15.8. The third-order valence-electron chi connectivity index (χ3n) is 4.60. The molecule has 3 rings (SSSR count). The van der Waals surface area contributed by atoms with Gasteiger partial charge in [0.2, 0.25) is 0 Å². The van der Waals surface area contributed by atoms with E-state index in [1.54, 1.807) is 19.2 Å². The number of rotatable bonds is 5. The van der Waals surface area contributed by atoms with E-state index in [9.17, 15) is 25.5 Å². The van der Waals surface area contributed by atoms with Crippen molar-refractivity contribution in [1.82, 2.24) is 14.5 Å². The first-order valence-corrected chi connectivity index (χ1v) is 9.88. The first-order valence-electron chi connectivity index (χ1n) is 8.57. The van der Waals surface area contributed by atoms with Crippen molar-refractivity contribution in [2.24, 2.45) is 7.05 Å². The van der Waals surface area contributed by atoms with Crippen LogP contribution in [0.25, 0.3) is 0 Å². The summed E-state index contributed by atoms with van der Waals surface area (Å²) in [5.41, 5.74) is -0.0411. The molecule has 1 saturated heterocycles. The summed E-state index contributed by atoms with van der Waals surface area (Å²) in [6.07, 6.45) is -1.90. The fraction of sp³-hybridized carbons (Fsp3) is 0.471. The van der Waals surface area contributed by atoms with Crippen molar-refractivity contribution in [1.29, 1.82) is 0 Å². The van der Waals surface area contributed by atoms with Crippen molar-refractivity contribution in [3.8, 4) is 5.75 Å². The quantitative estimate of drug-likeness (QED) is 0.547. The Morgan fingerprint density at radius 3 is 2.50 bits per heavy atom. The molecule has 0 N–H and O–H groups in total. The van der Waals surface area contributed by atoms with Gasteiger partial charge in [-0.15, -0.1) is 0 Å². The Balaban J connectivity index is 1.66. The minimum atomic E-state index is -5.07. The Hall–Kier alpha value is -2.14. The van der Waals surface area contributed by atoms with E-state index in [0.29, 0.717) is 18.9 Å². The number of alkyl halides is 3. The second kappa shape index (κ2) is 7.70. The fourth-order valence-electron chi connectivity index (χ4n) is 3.43. The number of nitrogens with zero attached hydrogens (tertiary/aromatic N) is 3. The number of halogens is 4. The first kappa shape index (κ1) is 20.6. The van der Waals surface area contributed by atoms with Crippen LogP contribution in [0.1, 0.15) is 35.8 Å².